The van der Waals surface area contributed by atoms with Gasteiger partial charge in [-0.05, 0) is 84.5 Å². The fourth-order valence-electron chi connectivity index (χ4n) is 5.17. The number of thiophene rings is 1. The highest BCUT2D eigenvalue weighted by molar-refractivity contribution is 7.16. The summed E-state index contributed by atoms with van der Waals surface area (Å²) in [6.45, 7) is 9.76. The number of hydrogen-bond donors (Lipinski definition) is 1. The molecule has 1 aliphatic carbocycles. The maximum Gasteiger partial charge on any atom is 0.255 e. The molecule has 0 saturated carbocycles. The van der Waals surface area contributed by atoms with Crippen LogP contribution >= 0.6 is 11.3 Å². The highest BCUT2D eigenvalue weighted by atomic mass is 32.1. The molecule has 5 rings (SSSR count). The molecule has 1 atom stereocenters. The molecule has 2 heterocycles. The van der Waals surface area contributed by atoms with Crippen LogP contribution in [-0.2, 0) is 26.0 Å². The molecule has 1 aliphatic rings. The summed E-state index contributed by atoms with van der Waals surface area (Å²) >= 11 is 1.63. The summed E-state index contributed by atoms with van der Waals surface area (Å²) in [6.07, 6.45) is 6.33. The molecule has 214 valence electrons. The van der Waals surface area contributed by atoms with Crippen LogP contribution < -0.4 is 14.8 Å². The van der Waals surface area contributed by atoms with E-state index in [4.69, 9.17) is 18.9 Å². The maximum atomic E-state index is 13.5. The first kappa shape index (κ1) is 28.7. The number of hydrogen-bond acceptors (Lipinski definition) is 6. The van der Waals surface area contributed by atoms with Gasteiger partial charge in [0.15, 0.2) is 11.5 Å². The van der Waals surface area contributed by atoms with Crippen LogP contribution in [0.15, 0.2) is 70.3 Å². The van der Waals surface area contributed by atoms with Gasteiger partial charge >= 0.3 is 0 Å². The van der Waals surface area contributed by atoms with Crippen molar-refractivity contribution in [2.45, 2.75) is 60.1 Å². The number of amides is 1. The molecule has 0 aliphatic heterocycles. The summed E-state index contributed by atoms with van der Waals surface area (Å²) in [5.41, 5.74) is 5.21. The van der Waals surface area contributed by atoms with Crippen molar-refractivity contribution < 1.29 is 18.7 Å². The zero-order chi connectivity index (χ0) is 29.0. The molecule has 4 aromatic rings. The van der Waals surface area contributed by atoms with Gasteiger partial charge < -0.3 is 19.2 Å². The van der Waals surface area contributed by atoms with Crippen molar-refractivity contribution in [2.75, 3.05) is 7.11 Å². The van der Waals surface area contributed by atoms with Crippen LogP contribution in [-0.4, -0.2) is 19.2 Å². The standard InChI is InChI=1S/C34H38N2O4S/c1-22-8-10-23(11-9-22)21-40-28-15-12-24(17-29(28)38-5)19-36-33-31(32(37)35-20-26-7-6-16-39-26)27-14-13-25(34(2,3)4)18-30(27)41-33/h6-12,15-17,19,25H,13-14,18,20-21H2,1-5H3,(H,35,37)/t25-/m0/s1. The molecule has 0 spiro atoms. The summed E-state index contributed by atoms with van der Waals surface area (Å²) in [6, 6.07) is 17.7. The fourth-order valence-corrected chi connectivity index (χ4v) is 6.44. The minimum Gasteiger partial charge on any atom is -0.493 e. The van der Waals surface area contributed by atoms with Crippen molar-refractivity contribution in [1.82, 2.24) is 5.32 Å². The summed E-state index contributed by atoms with van der Waals surface area (Å²) in [5.74, 6) is 2.48. The predicted molar refractivity (Wildman–Crippen MR) is 165 cm³/mol. The Balaban J connectivity index is 1.38. The predicted octanol–water partition coefficient (Wildman–Crippen LogP) is 8.07. The van der Waals surface area contributed by atoms with Gasteiger partial charge in [-0.25, -0.2) is 4.99 Å². The molecule has 2 aromatic heterocycles. The van der Waals surface area contributed by atoms with Crippen molar-refractivity contribution >= 4 is 28.5 Å². The first-order valence-corrected chi connectivity index (χ1v) is 14.9. The number of fused-ring (bicyclic) bond motifs is 1. The lowest BCUT2D eigenvalue weighted by Gasteiger charge is -2.33. The van der Waals surface area contributed by atoms with E-state index in [9.17, 15) is 4.79 Å². The SMILES string of the molecule is COc1cc(C=Nc2sc3c(c2C(=O)NCc2ccco2)CC[C@H](C(C)(C)C)C3)ccc1OCc1ccc(C)cc1. The Kier molecular flexibility index (Phi) is 8.64. The average Bonchev–Trinajstić information content (AvgIpc) is 3.61. The van der Waals surface area contributed by atoms with Crippen LogP contribution in [0.25, 0.3) is 0 Å². The summed E-state index contributed by atoms with van der Waals surface area (Å²) < 4.78 is 17.1. The van der Waals surface area contributed by atoms with E-state index in [1.54, 1.807) is 30.9 Å². The minimum atomic E-state index is -0.113. The topological polar surface area (TPSA) is 73.1 Å². The number of rotatable bonds is 9. The number of benzene rings is 2. The second-order valence-electron chi connectivity index (χ2n) is 11.7. The van der Waals surface area contributed by atoms with E-state index in [0.717, 1.165) is 46.7 Å². The van der Waals surface area contributed by atoms with Crippen molar-refractivity contribution in [3.63, 3.8) is 0 Å². The third kappa shape index (κ3) is 6.91. The number of aliphatic imine (C=N–C) groups is 1. The molecule has 6 nitrogen and oxygen atoms in total. The Morgan fingerprint density at radius 1 is 1.15 bits per heavy atom. The van der Waals surface area contributed by atoms with E-state index < -0.39 is 0 Å². The van der Waals surface area contributed by atoms with E-state index in [-0.39, 0.29) is 11.3 Å². The normalized spacial score (nSPS) is 15.1. The quantitative estimate of drug-likeness (QED) is 0.207. The Morgan fingerprint density at radius 3 is 2.66 bits per heavy atom. The first-order chi connectivity index (χ1) is 19.7. The Hall–Kier alpha value is -3.84. The number of carbonyl (C=O) groups is 1. The summed E-state index contributed by atoms with van der Waals surface area (Å²) in [4.78, 5) is 19.6. The molecule has 0 unspecified atom stereocenters. The van der Waals surface area contributed by atoms with Gasteiger partial charge in [-0.1, -0.05) is 50.6 Å². The Bertz CT molecular complexity index is 1510. The van der Waals surface area contributed by atoms with Crippen LogP contribution in [0, 0.1) is 18.3 Å². The summed E-state index contributed by atoms with van der Waals surface area (Å²) in [5, 5.41) is 3.77. The zero-order valence-corrected chi connectivity index (χ0v) is 25.3. The van der Waals surface area contributed by atoms with Crippen LogP contribution in [0.4, 0.5) is 5.00 Å². The van der Waals surface area contributed by atoms with Gasteiger partial charge in [0.2, 0.25) is 0 Å². The second-order valence-corrected chi connectivity index (χ2v) is 12.8. The number of carbonyl (C=O) groups excluding carboxylic acids is 1. The van der Waals surface area contributed by atoms with Crippen LogP contribution in [0.5, 0.6) is 11.5 Å². The van der Waals surface area contributed by atoms with E-state index in [2.05, 4.69) is 57.3 Å². The Labute approximate surface area is 246 Å². The first-order valence-electron chi connectivity index (χ1n) is 14.1. The molecule has 0 radical (unpaired) electrons. The third-order valence-corrected chi connectivity index (χ3v) is 8.90. The van der Waals surface area contributed by atoms with Crippen LogP contribution in [0.1, 0.15) is 70.4 Å². The Morgan fingerprint density at radius 2 is 1.95 bits per heavy atom. The number of methoxy groups -OCH3 is 1. The zero-order valence-electron chi connectivity index (χ0n) is 24.5. The number of nitrogens with one attached hydrogen (secondary N) is 1. The van der Waals surface area contributed by atoms with E-state index in [1.165, 1.54) is 10.4 Å². The van der Waals surface area contributed by atoms with Crippen molar-refractivity contribution in [2.24, 2.45) is 16.3 Å². The minimum absolute atomic E-state index is 0.113. The molecule has 2 aromatic carbocycles. The lowest BCUT2D eigenvalue weighted by molar-refractivity contribution is 0.0947. The van der Waals surface area contributed by atoms with Gasteiger partial charge in [0.25, 0.3) is 5.91 Å². The molecular formula is C34H38N2O4S. The molecule has 7 heteroatoms. The number of furan rings is 1. The van der Waals surface area contributed by atoms with Crippen LogP contribution in [0.2, 0.25) is 0 Å². The number of aryl methyl sites for hydroxylation is 1. The molecular weight excluding hydrogens is 532 g/mol. The second kappa shape index (κ2) is 12.4. The lowest BCUT2D eigenvalue weighted by atomic mass is 9.72. The molecule has 41 heavy (non-hydrogen) atoms. The number of nitrogens with zero attached hydrogens (tertiary/aromatic N) is 1. The monoisotopic (exact) mass is 570 g/mol. The number of ether oxygens (including phenoxy) is 2. The smallest absolute Gasteiger partial charge is 0.255 e. The van der Waals surface area contributed by atoms with Crippen molar-refractivity contribution in [3.05, 3.63) is 99.3 Å². The van der Waals surface area contributed by atoms with Crippen molar-refractivity contribution in [1.29, 1.82) is 0 Å². The average molecular weight is 571 g/mol. The van der Waals surface area contributed by atoms with E-state index in [0.29, 0.717) is 36.1 Å². The highest BCUT2D eigenvalue weighted by Crippen LogP contribution is 2.45. The van der Waals surface area contributed by atoms with Gasteiger partial charge in [-0.3, -0.25) is 4.79 Å². The van der Waals surface area contributed by atoms with Gasteiger partial charge in [-0.15, -0.1) is 11.3 Å². The fraction of sp³-hybridized carbons (Fsp3) is 0.353. The van der Waals surface area contributed by atoms with Gasteiger partial charge in [-0.2, -0.15) is 0 Å². The van der Waals surface area contributed by atoms with Crippen molar-refractivity contribution in [3.8, 4) is 11.5 Å². The molecule has 1 N–H and O–H groups in total. The van der Waals surface area contributed by atoms with E-state index >= 15 is 0 Å². The van der Waals surface area contributed by atoms with E-state index in [1.807, 2.05) is 30.3 Å². The van der Waals surface area contributed by atoms with Gasteiger partial charge in [0.05, 0.1) is 25.5 Å². The molecule has 0 saturated heterocycles. The molecule has 1 amide bonds. The lowest BCUT2D eigenvalue weighted by Crippen LogP contribution is -2.28. The van der Waals surface area contributed by atoms with Crippen LogP contribution in [0.3, 0.4) is 0 Å². The largest absolute Gasteiger partial charge is 0.493 e. The molecule has 0 bridgehead atoms. The highest BCUT2D eigenvalue weighted by Gasteiger charge is 2.33. The maximum absolute atomic E-state index is 13.5. The van der Waals surface area contributed by atoms with Gasteiger partial charge in [0, 0.05) is 11.1 Å². The third-order valence-electron chi connectivity index (χ3n) is 7.74. The van der Waals surface area contributed by atoms with Gasteiger partial charge in [0.1, 0.15) is 17.4 Å². The summed E-state index contributed by atoms with van der Waals surface area (Å²) in [7, 11) is 1.63. The molecule has 0 fully saturated rings.